The van der Waals surface area contributed by atoms with Crippen molar-refractivity contribution in [3.8, 4) is 39.7 Å². The van der Waals surface area contributed by atoms with Gasteiger partial charge in [-0.2, -0.15) is 5.26 Å². The molecule has 0 atom stereocenters. The first-order valence-electron chi connectivity index (χ1n) is 20.2. The molecule has 0 aliphatic carbocycles. The van der Waals surface area contributed by atoms with Gasteiger partial charge in [0.1, 0.15) is 6.07 Å². The summed E-state index contributed by atoms with van der Waals surface area (Å²) in [6, 6.07) is 59.6. The Balaban J connectivity index is 1.31. The van der Waals surface area contributed by atoms with E-state index in [-0.39, 0.29) is 0 Å². The predicted molar refractivity (Wildman–Crippen MR) is 254 cm³/mol. The van der Waals surface area contributed by atoms with E-state index in [1.54, 1.807) is 0 Å². The van der Waals surface area contributed by atoms with Crippen LogP contribution < -0.4 is 0 Å². The number of benzene rings is 9. The predicted octanol–water partition coefficient (Wildman–Crippen LogP) is 15.1. The zero-order chi connectivity index (χ0) is 40.3. The van der Waals surface area contributed by atoms with E-state index in [4.69, 9.17) is 11.6 Å². The molecule has 0 radical (unpaired) electrons. The third kappa shape index (κ3) is 4.44. The van der Waals surface area contributed by atoms with Gasteiger partial charge in [-0.25, -0.2) is 4.85 Å². The molecule has 4 heterocycles. The van der Waals surface area contributed by atoms with Crippen molar-refractivity contribution < 1.29 is 0 Å². The van der Waals surface area contributed by atoms with Gasteiger partial charge in [-0.05, 0) is 51.6 Å². The third-order valence-corrected chi connectivity index (χ3v) is 13.8. The highest BCUT2D eigenvalue weighted by molar-refractivity contribution is 7.26. The molecule has 280 valence electrons. The van der Waals surface area contributed by atoms with Crippen LogP contribution in [-0.4, -0.2) is 14.1 Å². The van der Waals surface area contributed by atoms with Gasteiger partial charge in [0, 0.05) is 64.4 Å². The van der Waals surface area contributed by atoms with Gasteiger partial charge in [-0.1, -0.05) is 140 Å². The van der Waals surface area contributed by atoms with Crippen LogP contribution >= 0.6 is 11.3 Å². The Labute approximate surface area is 353 Å². The number of fused-ring (bicyclic) bond motifs is 10. The first-order chi connectivity index (χ1) is 30.2. The number of hydrogen-bond acceptors (Lipinski definition) is 3. The average molecular weight is 792 g/mol. The van der Waals surface area contributed by atoms with Crippen molar-refractivity contribution >= 4 is 102 Å². The SMILES string of the molecule is [C-]#[N+]c1c(-c2ccccc2)c(C#N)c(-n2c3ccccc3c3c4sc5ccccc5c4ccc32)c(-c2ccccc2)c1-n1c2cccc3c4ccccc4c4cncc1c4c32. The van der Waals surface area contributed by atoms with Crippen molar-refractivity contribution in [2.45, 2.75) is 0 Å². The van der Waals surface area contributed by atoms with Crippen LogP contribution in [0, 0.1) is 17.9 Å². The van der Waals surface area contributed by atoms with Crippen LogP contribution in [0.25, 0.3) is 124 Å². The van der Waals surface area contributed by atoms with E-state index in [0.717, 1.165) is 87.5 Å². The normalized spacial score (nSPS) is 11.9. The van der Waals surface area contributed by atoms with E-state index < -0.39 is 0 Å². The number of thiophene rings is 1. The van der Waals surface area contributed by atoms with Gasteiger partial charge < -0.3 is 9.13 Å². The second-order valence-electron chi connectivity index (χ2n) is 15.6. The van der Waals surface area contributed by atoms with Crippen LogP contribution in [-0.2, 0) is 0 Å². The average Bonchev–Trinajstić information content (AvgIpc) is 3.99. The van der Waals surface area contributed by atoms with Crippen LogP contribution in [0.4, 0.5) is 5.69 Å². The molecule has 0 fully saturated rings. The summed E-state index contributed by atoms with van der Waals surface area (Å²) >= 11 is 1.81. The van der Waals surface area contributed by atoms with Crippen molar-refractivity contribution in [3.05, 3.63) is 193 Å². The van der Waals surface area contributed by atoms with Gasteiger partial charge in [-0.3, -0.25) is 4.98 Å². The number of nitriles is 1. The Hall–Kier alpha value is -8.29. The number of rotatable bonds is 4. The molecule has 0 aliphatic rings. The minimum absolute atomic E-state index is 0.407. The molecule has 9 aromatic carbocycles. The maximum atomic E-state index is 11.7. The molecule has 5 nitrogen and oxygen atoms in total. The van der Waals surface area contributed by atoms with E-state index in [9.17, 15) is 5.26 Å². The van der Waals surface area contributed by atoms with Crippen molar-refractivity contribution in [1.29, 1.82) is 5.26 Å². The minimum atomic E-state index is 0.407. The summed E-state index contributed by atoms with van der Waals surface area (Å²) < 4.78 is 7.01. The Morgan fingerprint density at radius 1 is 0.475 bits per heavy atom. The highest BCUT2D eigenvalue weighted by Crippen LogP contribution is 2.54. The van der Waals surface area contributed by atoms with E-state index in [1.807, 2.05) is 72.3 Å². The van der Waals surface area contributed by atoms with Gasteiger partial charge in [0.05, 0.1) is 51.8 Å². The van der Waals surface area contributed by atoms with Crippen LogP contribution in [0.1, 0.15) is 5.56 Å². The summed E-state index contributed by atoms with van der Waals surface area (Å²) in [5.41, 5.74) is 9.25. The van der Waals surface area contributed by atoms with Gasteiger partial charge in [0.25, 0.3) is 0 Å². The topological polar surface area (TPSA) is 50.9 Å². The zero-order valence-corrected chi connectivity index (χ0v) is 33.2. The van der Waals surface area contributed by atoms with E-state index in [1.165, 1.54) is 20.2 Å². The lowest BCUT2D eigenvalue weighted by molar-refractivity contribution is 1.13. The molecule has 0 aliphatic heterocycles. The molecule has 0 saturated carbocycles. The van der Waals surface area contributed by atoms with Gasteiger partial charge >= 0.3 is 0 Å². The van der Waals surface area contributed by atoms with Gasteiger partial charge in [0.2, 0.25) is 5.69 Å². The van der Waals surface area contributed by atoms with Crippen LogP contribution in [0.2, 0.25) is 0 Å². The number of nitrogens with zero attached hydrogens (tertiary/aromatic N) is 5. The van der Waals surface area contributed by atoms with Crippen molar-refractivity contribution in [2.24, 2.45) is 0 Å². The standard InChI is InChI=1S/C55H29N5S/c1-57-52-47(32-15-4-2-5-16-32)40(29-56)53(59-42-24-12-10-22-39(42)51-44(59)28-27-38-36-21-11-13-26-46(36)61-55(38)51)48(33-17-6-3-7-18-33)54(52)60-43-25-14-23-37-34-19-8-9-20-35(34)41-30-58-31-45(60)50(41)49(37)43/h2-28,30-31H. The first-order valence-corrected chi connectivity index (χ1v) is 21.0. The van der Waals surface area contributed by atoms with Crippen LogP contribution in [0.15, 0.2) is 176 Å². The molecular weight excluding hydrogens is 763 g/mol. The molecule has 0 amide bonds. The lowest BCUT2D eigenvalue weighted by atomic mass is 9.88. The molecule has 13 rings (SSSR count). The van der Waals surface area contributed by atoms with E-state index in [2.05, 4.69) is 135 Å². The lowest BCUT2D eigenvalue weighted by Gasteiger charge is -2.25. The third-order valence-electron chi connectivity index (χ3n) is 12.6. The molecule has 0 N–H and O–H groups in total. The van der Waals surface area contributed by atoms with Crippen LogP contribution in [0.5, 0.6) is 0 Å². The minimum Gasteiger partial charge on any atom is -0.317 e. The number of aromatic nitrogens is 3. The summed E-state index contributed by atoms with van der Waals surface area (Å²) in [5.74, 6) is 0. The Morgan fingerprint density at radius 2 is 1.07 bits per heavy atom. The summed E-state index contributed by atoms with van der Waals surface area (Å²) in [7, 11) is 0. The van der Waals surface area contributed by atoms with Crippen molar-refractivity contribution in [1.82, 2.24) is 14.1 Å². The zero-order valence-electron chi connectivity index (χ0n) is 32.4. The molecule has 0 bridgehead atoms. The first kappa shape index (κ1) is 33.7. The molecule has 13 aromatic rings. The Kier molecular flexibility index (Phi) is 6.96. The van der Waals surface area contributed by atoms with E-state index >= 15 is 0 Å². The summed E-state index contributed by atoms with van der Waals surface area (Å²) in [4.78, 5) is 9.39. The molecule has 6 heteroatoms. The number of pyridine rings is 1. The Morgan fingerprint density at radius 3 is 1.82 bits per heavy atom. The largest absolute Gasteiger partial charge is 0.317 e. The van der Waals surface area contributed by atoms with Gasteiger partial charge in [0.15, 0.2) is 0 Å². The van der Waals surface area contributed by atoms with E-state index in [0.29, 0.717) is 22.5 Å². The van der Waals surface area contributed by atoms with Gasteiger partial charge in [-0.15, -0.1) is 11.3 Å². The molecule has 0 spiro atoms. The second kappa shape index (κ2) is 12.6. The summed E-state index contributed by atoms with van der Waals surface area (Å²) in [6.07, 6.45) is 3.92. The number of para-hydroxylation sites is 1. The fraction of sp³-hybridized carbons (Fsp3) is 0. The molecule has 4 aromatic heterocycles. The fourth-order valence-corrected chi connectivity index (χ4v) is 11.5. The van der Waals surface area contributed by atoms with Crippen LogP contribution in [0.3, 0.4) is 0 Å². The molecule has 0 saturated heterocycles. The quantitative estimate of drug-likeness (QED) is 0.132. The monoisotopic (exact) mass is 791 g/mol. The molecular formula is C55H29N5S. The van der Waals surface area contributed by atoms with Crippen molar-refractivity contribution in [2.75, 3.05) is 0 Å². The summed E-state index contributed by atoms with van der Waals surface area (Å²) in [6.45, 7) is 9.16. The smallest absolute Gasteiger partial charge is 0.220 e. The maximum absolute atomic E-state index is 11.7. The van der Waals surface area contributed by atoms with Crippen molar-refractivity contribution in [3.63, 3.8) is 0 Å². The number of hydrogen-bond donors (Lipinski definition) is 0. The highest BCUT2D eigenvalue weighted by Gasteiger charge is 2.32. The Bertz CT molecular complexity index is 3980. The highest BCUT2D eigenvalue weighted by atomic mass is 32.1. The fourth-order valence-electron chi connectivity index (χ4n) is 10.2. The summed E-state index contributed by atoms with van der Waals surface area (Å²) in [5, 5.41) is 23.2. The maximum Gasteiger partial charge on any atom is 0.220 e. The molecule has 61 heavy (non-hydrogen) atoms. The molecule has 0 unspecified atom stereocenters. The second-order valence-corrected chi connectivity index (χ2v) is 16.6. The lowest BCUT2D eigenvalue weighted by Crippen LogP contribution is -2.08.